The van der Waals surface area contributed by atoms with E-state index in [2.05, 4.69) is 0 Å². The third-order valence-corrected chi connectivity index (χ3v) is 7.99. The van der Waals surface area contributed by atoms with E-state index < -0.39 is 79.6 Å². The normalized spacial score (nSPS) is 27.1. The van der Waals surface area contributed by atoms with Gasteiger partial charge in [0.25, 0.3) is 0 Å². The predicted octanol–water partition coefficient (Wildman–Crippen LogP) is 8.36. The second-order valence-electron chi connectivity index (χ2n) is 7.92. The van der Waals surface area contributed by atoms with Gasteiger partial charge in [-0.15, -0.1) is 0 Å². The van der Waals surface area contributed by atoms with Crippen LogP contribution in [0.25, 0.3) is 0 Å². The first-order valence-corrected chi connectivity index (χ1v) is 10.9. The second-order valence-corrected chi connectivity index (χ2v) is 10.4. The summed E-state index contributed by atoms with van der Waals surface area (Å²) in [7, 11) is -12.1. The molecule has 2 rings (SSSR count). The maximum absolute atomic E-state index is 15.7. The van der Waals surface area contributed by atoms with Crippen molar-refractivity contribution in [1.29, 1.82) is 0 Å². The molecule has 254 valence electrons. The monoisotopic (exact) mass is 715 g/mol. The third kappa shape index (κ3) is 3.99. The van der Waals surface area contributed by atoms with E-state index in [0.717, 1.165) is 0 Å². The zero-order valence-corrected chi connectivity index (χ0v) is 18.6. The van der Waals surface area contributed by atoms with Crippen molar-refractivity contribution in [3.63, 3.8) is 0 Å². The first-order valence-electron chi connectivity index (χ1n) is 8.86. The molecule has 0 bridgehead atoms. The summed E-state index contributed by atoms with van der Waals surface area (Å²) in [6.07, 6.45) is -70.1. The number of halogens is 25. The van der Waals surface area contributed by atoms with Crippen molar-refractivity contribution in [1.82, 2.24) is 0 Å². The number of hydrogen-bond acceptors (Lipinski definition) is 4. The summed E-state index contributed by atoms with van der Waals surface area (Å²) < 4.78 is 347. The molecular formula is C12HF25O4P-. The van der Waals surface area contributed by atoms with E-state index in [1.54, 1.807) is 18.1 Å². The Balaban J connectivity index is 3.45. The van der Waals surface area contributed by atoms with Crippen molar-refractivity contribution in [3.8, 4) is 0 Å². The van der Waals surface area contributed by atoms with E-state index in [1.165, 1.54) is 0 Å². The summed E-state index contributed by atoms with van der Waals surface area (Å²) in [6.45, 7) is 0. The molecule has 0 N–H and O–H groups in total. The fourth-order valence-corrected chi connectivity index (χ4v) is 7.81. The molecule has 2 saturated heterocycles. The molecule has 0 amide bonds. The molecule has 0 aliphatic carbocycles. The van der Waals surface area contributed by atoms with Crippen molar-refractivity contribution < 1.29 is 128 Å². The molecule has 0 aromatic heterocycles. The Bertz CT molecular complexity index is 849. The fraction of sp³-hybridized carbons (Fsp3) is 1.00. The van der Waals surface area contributed by atoms with Crippen molar-refractivity contribution in [2.45, 2.75) is 71.8 Å². The summed E-state index contributed by atoms with van der Waals surface area (Å²) in [5.41, 5.74) is -35.5. The summed E-state index contributed by atoms with van der Waals surface area (Å²) in [6, 6.07) is 0. The van der Waals surface area contributed by atoms with Gasteiger partial charge in [0, 0.05) is 0 Å². The summed E-state index contributed by atoms with van der Waals surface area (Å²) in [5, 5.41) is 0. The summed E-state index contributed by atoms with van der Waals surface area (Å²) in [5.74, 6) is 0. The van der Waals surface area contributed by atoms with Crippen LogP contribution in [0.2, 0.25) is 0 Å². The number of alkyl halides is 24. The number of hydrogen-bond donors (Lipinski definition) is 0. The minimum atomic E-state index is -12.1. The molecule has 30 heteroatoms. The Hall–Kier alpha value is -1.48. The van der Waals surface area contributed by atoms with Gasteiger partial charge in [0.05, 0.1) is 0 Å². The maximum atomic E-state index is 15.7. The molecule has 4 nitrogen and oxygen atoms in total. The molecule has 0 radical (unpaired) electrons. The molecule has 0 unspecified atom stereocenters. The quantitative estimate of drug-likeness (QED) is 0.187. The number of rotatable bonds is 0. The minimum absolute atomic E-state index is 1.70. The van der Waals surface area contributed by atoms with Crippen LogP contribution >= 0.6 is 7.82 Å². The van der Waals surface area contributed by atoms with Gasteiger partial charge in [0.2, 0.25) is 0 Å². The summed E-state index contributed by atoms with van der Waals surface area (Å²) >= 11 is 0. The SMILES string of the molecule is FC(F)(F)C1(C(F)(F)F)O[PH-]2(F)(OC1(C(F)(F)F)C(F)(F)F)OC(C(F)(F)F)(C(F)(F)F)C(C(F)(F)F)(C(F)(F)F)O2. The van der Waals surface area contributed by atoms with Crippen LogP contribution in [-0.2, 0) is 18.1 Å². The molecule has 2 aliphatic rings. The van der Waals surface area contributed by atoms with Crippen LogP contribution in [-0.4, -0.2) is 71.8 Å². The Morgan fingerprint density at radius 2 is 0.357 bits per heavy atom. The van der Waals surface area contributed by atoms with Gasteiger partial charge in [0.15, 0.2) is 0 Å². The first-order chi connectivity index (χ1) is 17.6. The Morgan fingerprint density at radius 3 is 0.429 bits per heavy atom. The topological polar surface area (TPSA) is 36.9 Å². The van der Waals surface area contributed by atoms with E-state index >= 15 is 4.20 Å². The fourth-order valence-electron chi connectivity index (χ4n) is 4.10. The van der Waals surface area contributed by atoms with Crippen molar-refractivity contribution >= 4 is 7.82 Å². The van der Waals surface area contributed by atoms with Crippen LogP contribution in [0.5, 0.6) is 0 Å². The standard InChI is InChI=1S/C12HF25O4P/c13-5(14,15)1(6(16,17)18)2(7(19,20)21,8(22,23)24)39-42(37,38-1)40-3(9(25,26)27,10(28,29)30)4(41-42,11(31,32)33)12(34,35)36/h42H/q-1. The Labute approximate surface area is 208 Å². The van der Waals surface area contributed by atoms with Crippen molar-refractivity contribution in [2.75, 3.05) is 0 Å². The molecule has 42 heavy (non-hydrogen) atoms. The van der Waals surface area contributed by atoms with Gasteiger partial charge in [0.1, 0.15) is 0 Å². The first kappa shape index (κ1) is 36.7. The van der Waals surface area contributed by atoms with E-state index in [1.807, 2.05) is 0 Å². The van der Waals surface area contributed by atoms with Gasteiger partial charge >= 0.3 is 207 Å². The molecular weight excluding hydrogens is 714 g/mol. The molecule has 2 heterocycles. The Morgan fingerprint density at radius 1 is 0.262 bits per heavy atom. The summed E-state index contributed by atoms with van der Waals surface area (Å²) in [4.78, 5) is 0. The van der Waals surface area contributed by atoms with Gasteiger partial charge in [-0.25, -0.2) is 0 Å². The van der Waals surface area contributed by atoms with Crippen LogP contribution in [0.4, 0.5) is 110 Å². The molecule has 0 aromatic carbocycles. The molecule has 2 aliphatic heterocycles. The van der Waals surface area contributed by atoms with E-state index in [9.17, 15) is 105 Å². The molecule has 0 aromatic rings. The van der Waals surface area contributed by atoms with Crippen LogP contribution in [0.1, 0.15) is 0 Å². The van der Waals surface area contributed by atoms with Crippen molar-refractivity contribution in [3.05, 3.63) is 0 Å². The zero-order chi connectivity index (χ0) is 34.3. The van der Waals surface area contributed by atoms with Crippen LogP contribution < -0.4 is 0 Å². The molecule has 0 saturated carbocycles. The van der Waals surface area contributed by atoms with E-state index in [4.69, 9.17) is 0 Å². The van der Waals surface area contributed by atoms with Gasteiger partial charge in [-0.2, -0.15) is 0 Å². The van der Waals surface area contributed by atoms with Crippen LogP contribution in [0.3, 0.4) is 0 Å². The van der Waals surface area contributed by atoms with Gasteiger partial charge in [-0.1, -0.05) is 0 Å². The average molecular weight is 715 g/mol. The van der Waals surface area contributed by atoms with E-state index in [0.29, 0.717) is 0 Å². The zero-order valence-electron chi connectivity index (χ0n) is 17.6. The van der Waals surface area contributed by atoms with Crippen LogP contribution in [0.15, 0.2) is 0 Å². The molecule has 1 spiro atoms. The molecule has 0 atom stereocenters. The predicted molar refractivity (Wildman–Crippen MR) is 73.1 cm³/mol. The van der Waals surface area contributed by atoms with Gasteiger partial charge in [-0.3, -0.25) is 0 Å². The average Bonchev–Trinajstić information content (AvgIpc) is 3.06. The Kier molecular flexibility index (Phi) is 7.17. The van der Waals surface area contributed by atoms with Crippen LogP contribution in [0, 0.1) is 0 Å². The van der Waals surface area contributed by atoms with Crippen molar-refractivity contribution in [2.24, 2.45) is 0 Å². The van der Waals surface area contributed by atoms with Gasteiger partial charge in [-0.05, 0) is 0 Å². The van der Waals surface area contributed by atoms with Gasteiger partial charge < -0.3 is 0 Å². The second kappa shape index (κ2) is 8.21. The van der Waals surface area contributed by atoms with E-state index in [-0.39, 0.29) is 0 Å². The molecule has 2 fully saturated rings. The third-order valence-electron chi connectivity index (χ3n) is 5.45.